The van der Waals surface area contributed by atoms with Crippen molar-refractivity contribution in [2.75, 3.05) is 6.61 Å². The van der Waals surface area contributed by atoms with Crippen LogP contribution in [0.1, 0.15) is 32.6 Å². The highest BCUT2D eigenvalue weighted by molar-refractivity contribution is 5.95. The van der Waals surface area contributed by atoms with E-state index < -0.39 is 18.1 Å². The molecule has 0 radical (unpaired) electrons. The van der Waals surface area contributed by atoms with Gasteiger partial charge in [-0.15, -0.1) is 0 Å². The Kier molecular flexibility index (Phi) is 4.75. The number of alkyl carbamates (subject to hydrolysis) is 1. The second-order valence-corrected chi connectivity index (χ2v) is 3.52. The van der Waals surface area contributed by atoms with E-state index in [2.05, 4.69) is 10.1 Å². The smallest absolute Gasteiger partial charge is 0.415 e. The molecule has 0 aromatic rings. The molecule has 0 bridgehead atoms. The van der Waals surface area contributed by atoms with E-state index in [1.807, 2.05) is 6.92 Å². The predicted octanol–water partition coefficient (Wildman–Crippen LogP) is 0.745. The summed E-state index contributed by atoms with van der Waals surface area (Å²) in [5, 5.41) is 2.31. The topological polar surface area (TPSA) is 81.7 Å². The third kappa shape index (κ3) is 3.88. The molecular formula is C10H15NO5. The van der Waals surface area contributed by atoms with Crippen LogP contribution in [-0.4, -0.2) is 30.7 Å². The number of carbonyl (C=O) groups is 3. The molecule has 16 heavy (non-hydrogen) atoms. The van der Waals surface area contributed by atoms with Gasteiger partial charge in [-0.1, -0.05) is 13.3 Å². The van der Waals surface area contributed by atoms with Crippen LogP contribution < -0.4 is 5.32 Å². The predicted molar refractivity (Wildman–Crippen MR) is 53.5 cm³/mol. The molecule has 1 aliphatic rings. The van der Waals surface area contributed by atoms with Crippen molar-refractivity contribution in [2.45, 2.75) is 38.6 Å². The average Bonchev–Trinajstić information content (AvgIpc) is 2.55. The summed E-state index contributed by atoms with van der Waals surface area (Å²) in [5.74, 6) is -0.992. The van der Waals surface area contributed by atoms with Crippen molar-refractivity contribution in [2.24, 2.45) is 0 Å². The van der Waals surface area contributed by atoms with E-state index >= 15 is 0 Å². The van der Waals surface area contributed by atoms with E-state index in [1.54, 1.807) is 0 Å². The highest BCUT2D eigenvalue weighted by Crippen LogP contribution is 2.07. The second kappa shape index (κ2) is 6.09. The van der Waals surface area contributed by atoms with Crippen molar-refractivity contribution in [1.29, 1.82) is 0 Å². The van der Waals surface area contributed by atoms with E-state index in [1.165, 1.54) is 0 Å². The van der Waals surface area contributed by atoms with Gasteiger partial charge in [-0.05, 0) is 12.8 Å². The lowest BCUT2D eigenvalue weighted by Crippen LogP contribution is -2.29. The Labute approximate surface area is 93.3 Å². The van der Waals surface area contributed by atoms with Crippen LogP contribution in [0.3, 0.4) is 0 Å². The Hall–Kier alpha value is -1.59. The molecule has 6 heteroatoms. The maximum Gasteiger partial charge on any atom is 0.415 e. The molecule has 1 unspecified atom stereocenters. The van der Waals surface area contributed by atoms with Crippen molar-refractivity contribution in [1.82, 2.24) is 5.32 Å². The second-order valence-electron chi connectivity index (χ2n) is 3.52. The summed E-state index contributed by atoms with van der Waals surface area (Å²) in [5.41, 5.74) is 0. The molecule has 0 aromatic carbocycles. The van der Waals surface area contributed by atoms with E-state index in [4.69, 9.17) is 4.74 Å². The first-order chi connectivity index (χ1) is 7.63. The average molecular weight is 229 g/mol. The van der Waals surface area contributed by atoms with Gasteiger partial charge in [0.1, 0.15) is 6.04 Å². The lowest BCUT2D eigenvalue weighted by molar-refractivity contribution is -0.144. The SMILES string of the molecule is CCCCOC(=O)CCC1NC(=O)OC1=O. The minimum atomic E-state index is -0.755. The molecule has 0 aliphatic carbocycles. The van der Waals surface area contributed by atoms with E-state index in [9.17, 15) is 14.4 Å². The van der Waals surface area contributed by atoms with Gasteiger partial charge in [0.25, 0.3) is 0 Å². The van der Waals surface area contributed by atoms with Crippen LogP contribution in [0.25, 0.3) is 0 Å². The van der Waals surface area contributed by atoms with Crippen LogP contribution in [0.15, 0.2) is 0 Å². The lowest BCUT2D eigenvalue weighted by atomic mass is 10.2. The number of hydrogen-bond acceptors (Lipinski definition) is 5. The summed E-state index contributed by atoms with van der Waals surface area (Å²) in [6.45, 7) is 2.40. The highest BCUT2D eigenvalue weighted by atomic mass is 16.6. The molecule has 1 saturated heterocycles. The molecule has 0 aromatic heterocycles. The molecule has 90 valence electrons. The maximum atomic E-state index is 11.2. The van der Waals surface area contributed by atoms with Gasteiger partial charge in [0.15, 0.2) is 0 Å². The lowest BCUT2D eigenvalue weighted by Gasteiger charge is -2.05. The molecule has 6 nitrogen and oxygen atoms in total. The van der Waals surface area contributed by atoms with Gasteiger partial charge in [0.2, 0.25) is 0 Å². The van der Waals surface area contributed by atoms with Crippen molar-refractivity contribution < 1.29 is 23.9 Å². The van der Waals surface area contributed by atoms with E-state index in [0.717, 1.165) is 12.8 Å². The molecule has 1 heterocycles. The molecule has 0 saturated carbocycles. The maximum absolute atomic E-state index is 11.2. The Morgan fingerprint density at radius 3 is 2.81 bits per heavy atom. The fourth-order valence-corrected chi connectivity index (χ4v) is 1.25. The van der Waals surface area contributed by atoms with Gasteiger partial charge < -0.3 is 14.8 Å². The Bertz CT molecular complexity index is 289. The molecule has 0 spiro atoms. The zero-order chi connectivity index (χ0) is 12.0. The fraction of sp³-hybridized carbons (Fsp3) is 0.700. The van der Waals surface area contributed by atoms with E-state index in [0.29, 0.717) is 6.61 Å². The van der Waals surface area contributed by atoms with Crippen LogP contribution in [0.2, 0.25) is 0 Å². The first-order valence-electron chi connectivity index (χ1n) is 5.31. The molecule has 1 amide bonds. The summed E-state index contributed by atoms with van der Waals surface area (Å²) in [6, 6.07) is -0.716. The van der Waals surface area contributed by atoms with Crippen molar-refractivity contribution in [3.8, 4) is 0 Å². The largest absolute Gasteiger partial charge is 0.466 e. The number of carbonyl (C=O) groups excluding carboxylic acids is 3. The first-order valence-corrected chi connectivity index (χ1v) is 5.31. The Morgan fingerprint density at radius 2 is 2.25 bits per heavy atom. The summed E-state index contributed by atoms with van der Waals surface area (Å²) < 4.78 is 9.16. The minimum Gasteiger partial charge on any atom is -0.466 e. The number of amides is 1. The summed E-state index contributed by atoms with van der Waals surface area (Å²) in [6.07, 6.45) is 1.35. The third-order valence-electron chi connectivity index (χ3n) is 2.17. The standard InChI is InChI=1S/C10H15NO5/c1-2-3-6-15-8(12)5-4-7-9(13)16-10(14)11-7/h7H,2-6H2,1H3,(H,11,14). The van der Waals surface area contributed by atoms with Gasteiger partial charge in [0, 0.05) is 6.42 Å². The van der Waals surface area contributed by atoms with Crippen LogP contribution in [0.5, 0.6) is 0 Å². The van der Waals surface area contributed by atoms with Crippen molar-refractivity contribution in [3.63, 3.8) is 0 Å². The normalized spacial score (nSPS) is 19.2. The minimum absolute atomic E-state index is 0.101. The van der Waals surface area contributed by atoms with E-state index in [-0.39, 0.29) is 18.8 Å². The van der Waals surface area contributed by atoms with Crippen LogP contribution in [0.4, 0.5) is 4.79 Å². The van der Waals surface area contributed by atoms with Crippen LogP contribution >= 0.6 is 0 Å². The molecule has 1 atom stereocenters. The fourth-order valence-electron chi connectivity index (χ4n) is 1.25. The number of rotatable bonds is 6. The quantitative estimate of drug-likeness (QED) is 0.413. The molecule has 1 fully saturated rings. The van der Waals surface area contributed by atoms with Gasteiger partial charge in [-0.2, -0.15) is 0 Å². The number of esters is 2. The molecule has 1 rings (SSSR count). The number of unbranched alkanes of at least 4 members (excludes halogenated alkanes) is 1. The Morgan fingerprint density at radius 1 is 1.50 bits per heavy atom. The Balaban J connectivity index is 2.16. The zero-order valence-electron chi connectivity index (χ0n) is 9.15. The number of nitrogens with one attached hydrogen (secondary N) is 1. The molecule has 1 N–H and O–H groups in total. The van der Waals surface area contributed by atoms with Crippen LogP contribution in [0, 0.1) is 0 Å². The summed E-state index contributed by atoms with van der Waals surface area (Å²) in [4.78, 5) is 32.8. The summed E-state index contributed by atoms with van der Waals surface area (Å²) >= 11 is 0. The third-order valence-corrected chi connectivity index (χ3v) is 2.17. The highest BCUT2D eigenvalue weighted by Gasteiger charge is 2.32. The zero-order valence-corrected chi connectivity index (χ0v) is 9.15. The number of hydrogen-bond donors (Lipinski definition) is 1. The number of ether oxygens (including phenoxy) is 2. The molecular weight excluding hydrogens is 214 g/mol. The monoisotopic (exact) mass is 229 g/mol. The van der Waals surface area contributed by atoms with Crippen molar-refractivity contribution in [3.05, 3.63) is 0 Å². The van der Waals surface area contributed by atoms with Gasteiger partial charge in [-0.25, -0.2) is 9.59 Å². The van der Waals surface area contributed by atoms with Crippen LogP contribution in [-0.2, 0) is 19.1 Å². The molecule has 1 aliphatic heterocycles. The first kappa shape index (κ1) is 12.5. The van der Waals surface area contributed by atoms with Gasteiger partial charge >= 0.3 is 18.0 Å². The summed E-state index contributed by atoms with van der Waals surface area (Å²) in [7, 11) is 0. The van der Waals surface area contributed by atoms with Gasteiger partial charge in [0.05, 0.1) is 6.61 Å². The van der Waals surface area contributed by atoms with Crippen molar-refractivity contribution >= 4 is 18.0 Å². The number of cyclic esters (lactones) is 2. The van der Waals surface area contributed by atoms with Gasteiger partial charge in [-0.3, -0.25) is 4.79 Å².